The molecule has 7 heteroatoms. The molecular weight excluding hydrogens is 276 g/mol. The van der Waals surface area contributed by atoms with Crippen LogP contribution < -0.4 is 10.6 Å². The van der Waals surface area contributed by atoms with Crippen LogP contribution in [0.25, 0.3) is 0 Å². The largest absolute Gasteiger partial charge is 0.481 e. The van der Waals surface area contributed by atoms with E-state index in [-0.39, 0.29) is 31.4 Å². The normalized spacial score (nSPS) is 11.5. The van der Waals surface area contributed by atoms with Gasteiger partial charge in [0.05, 0.1) is 13.0 Å². The fourth-order valence-corrected chi connectivity index (χ4v) is 1.84. The lowest BCUT2D eigenvalue weighted by atomic mass is 9.97. The maximum Gasteiger partial charge on any atom is 0.314 e. The number of nitrogens with one attached hydrogen (secondary N) is 2. The smallest absolute Gasteiger partial charge is 0.314 e. The van der Waals surface area contributed by atoms with Gasteiger partial charge in [0, 0.05) is 19.5 Å². The highest BCUT2D eigenvalue weighted by molar-refractivity contribution is 5.75. The highest BCUT2D eigenvalue weighted by atomic mass is 16.5. The van der Waals surface area contributed by atoms with Crippen molar-refractivity contribution in [1.82, 2.24) is 10.6 Å². The van der Waals surface area contributed by atoms with Crippen molar-refractivity contribution >= 4 is 18.0 Å². The third-order valence-electron chi connectivity index (χ3n) is 3.10. The van der Waals surface area contributed by atoms with E-state index in [0.717, 1.165) is 12.8 Å². The molecule has 7 nitrogen and oxygen atoms in total. The molecule has 0 rings (SSSR count). The van der Waals surface area contributed by atoms with E-state index in [4.69, 9.17) is 9.84 Å². The Kier molecular flexibility index (Phi) is 11.0. The van der Waals surface area contributed by atoms with E-state index in [1.165, 1.54) is 0 Å². The van der Waals surface area contributed by atoms with E-state index in [1.54, 1.807) is 6.92 Å². The number of carboxylic acids is 1. The van der Waals surface area contributed by atoms with Crippen molar-refractivity contribution in [3.63, 3.8) is 0 Å². The standard InChI is InChI=1S/C14H26N2O5/c1-3-11(5-6-12(17)18)7-9-15-14(20)16-10-8-13(19)21-4-2/h11H,3-10H2,1-2H3,(H,17,18)(H2,15,16,20). The van der Waals surface area contributed by atoms with E-state index in [0.29, 0.717) is 25.5 Å². The van der Waals surface area contributed by atoms with Crippen LogP contribution in [0.5, 0.6) is 0 Å². The van der Waals surface area contributed by atoms with Crippen LogP contribution in [0.1, 0.15) is 46.0 Å². The van der Waals surface area contributed by atoms with Gasteiger partial charge >= 0.3 is 18.0 Å². The summed E-state index contributed by atoms with van der Waals surface area (Å²) >= 11 is 0. The molecule has 0 aromatic heterocycles. The van der Waals surface area contributed by atoms with Crippen LogP contribution in [-0.4, -0.2) is 42.8 Å². The molecule has 2 amide bonds. The van der Waals surface area contributed by atoms with Crippen LogP contribution in [-0.2, 0) is 14.3 Å². The highest BCUT2D eigenvalue weighted by Crippen LogP contribution is 2.14. The van der Waals surface area contributed by atoms with Crippen LogP contribution in [0, 0.1) is 5.92 Å². The van der Waals surface area contributed by atoms with Crippen LogP contribution in [0.15, 0.2) is 0 Å². The summed E-state index contributed by atoms with van der Waals surface area (Å²) in [5.74, 6) is -0.837. The summed E-state index contributed by atoms with van der Waals surface area (Å²) < 4.78 is 4.74. The molecule has 0 spiro atoms. The predicted octanol–water partition coefficient (Wildman–Crippen LogP) is 1.52. The number of aliphatic carboxylic acids is 1. The molecule has 0 bridgehead atoms. The molecule has 1 unspecified atom stereocenters. The summed E-state index contributed by atoms with van der Waals surface area (Å²) in [6.07, 6.45) is 2.56. The van der Waals surface area contributed by atoms with Crippen LogP contribution in [0.2, 0.25) is 0 Å². The topological polar surface area (TPSA) is 105 Å². The van der Waals surface area contributed by atoms with Crippen LogP contribution in [0.3, 0.4) is 0 Å². The van der Waals surface area contributed by atoms with Crippen molar-refractivity contribution < 1.29 is 24.2 Å². The third-order valence-corrected chi connectivity index (χ3v) is 3.10. The molecule has 0 aliphatic heterocycles. The van der Waals surface area contributed by atoms with E-state index in [1.807, 2.05) is 6.92 Å². The second-order valence-electron chi connectivity index (χ2n) is 4.73. The SMILES string of the molecule is CCOC(=O)CCNC(=O)NCCC(CC)CCC(=O)O. The quantitative estimate of drug-likeness (QED) is 0.502. The van der Waals surface area contributed by atoms with Crippen molar-refractivity contribution in [2.75, 3.05) is 19.7 Å². The molecule has 0 aromatic rings. The first-order chi connectivity index (χ1) is 9.99. The zero-order chi connectivity index (χ0) is 16.1. The molecule has 21 heavy (non-hydrogen) atoms. The number of hydrogen-bond acceptors (Lipinski definition) is 4. The van der Waals surface area contributed by atoms with Crippen molar-refractivity contribution in [1.29, 1.82) is 0 Å². The minimum absolute atomic E-state index is 0.150. The van der Waals surface area contributed by atoms with E-state index >= 15 is 0 Å². The van der Waals surface area contributed by atoms with Gasteiger partial charge < -0.3 is 20.5 Å². The Balaban J connectivity index is 3.67. The molecule has 0 aromatic carbocycles. The second kappa shape index (κ2) is 12.0. The maximum absolute atomic E-state index is 11.4. The summed E-state index contributed by atoms with van der Waals surface area (Å²) in [6.45, 7) is 4.79. The molecule has 1 atom stereocenters. The van der Waals surface area contributed by atoms with Crippen molar-refractivity contribution in [3.8, 4) is 0 Å². The zero-order valence-electron chi connectivity index (χ0n) is 12.8. The summed E-state index contributed by atoms with van der Waals surface area (Å²) in [5.41, 5.74) is 0. The van der Waals surface area contributed by atoms with Gasteiger partial charge in [0.1, 0.15) is 0 Å². The van der Waals surface area contributed by atoms with Gasteiger partial charge in [0.15, 0.2) is 0 Å². The van der Waals surface area contributed by atoms with Crippen LogP contribution >= 0.6 is 0 Å². The number of carbonyl (C=O) groups excluding carboxylic acids is 2. The Morgan fingerprint density at radius 2 is 1.71 bits per heavy atom. The van der Waals surface area contributed by atoms with Gasteiger partial charge in [-0.2, -0.15) is 0 Å². The van der Waals surface area contributed by atoms with E-state index in [2.05, 4.69) is 10.6 Å². The highest BCUT2D eigenvalue weighted by Gasteiger charge is 2.10. The second-order valence-corrected chi connectivity index (χ2v) is 4.73. The molecule has 0 saturated carbocycles. The fraction of sp³-hybridized carbons (Fsp3) is 0.786. The lowest BCUT2D eigenvalue weighted by Crippen LogP contribution is -2.37. The Labute approximate surface area is 125 Å². The molecule has 3 N–H and O–H groups in total. The number of amides is 2. The lowest BCUT2D eigenvalue weighted by Gasteiger charge is -2.14. The first-order valence-electron chi connectivity index (χ1n) is 7.38. The van der Waals surface area contributed by atoms with Crippen molar-refractivity contribution in [2.24, 2.45) is 5.92 Å². The Morgan fingerprint density at radius 1 is 1.05 bits per heavy atom. The number of ether oxygens (including phenoxy) is 1. The molecule has 0 fully saturated rings. The number of urea groups is 1. The van der Waals surface area contributed by atoms with Crippen molar-refractivity contribution in [2.45, 2.75) is 46.0 Å². The average Bonchev–Trinajstić information content (AvgIpc) is 2.42. The molecule has 0 radical (unpaired) electrons. The Bertz CT molecular complexity index is 333. The number of hydrogen-bond donors (Lipinski definition) is 3. The van der Waals surface area contributed by atoms with E-state index in [9.17, 15) is 14.4 Å². The van der Waals surface area contributed by atoms with Gasteiger partial charge in [0.2, 0.25) is 0 Å². The number of esters is 1. The van der Waals surface area contributed by atoms with Gasteiger partial charge in [-0.05, 0) is 25.7 Å². The number of rotatable bonds is 11. The summed E-state index contributed by atoms with van der Waals surface area (Å²) in [7, 11) is 0. The van der Waals surface area contributed by atoms with Crippen LogP contribution in [0.4, 0.5) is 4.79 Å². The van der Waals surface area contributed by atoms with Gasteiger partial charge in [-0.25, -0.2) is 4.79 Å². The van der Waals surface area contributed by atoms with Gasteiger partial charge in [-0.1, -0.05) is 13.3 Å². The fourth-order valence-electron chi connectivity index (χ4n) is 1.84. The maximum atomic E-state index is 11.4. The lowest BCUT2D eigenvalue weighted by molar-refractivity contribution is -0.143. The first-order valence-corrected chi connectivity index (χ1v) is 7.38. The Morgan fingerprint density at radius 3 is 2.29 bits per heavy atom. The molecule has 0 aliphatic carbocycles. The molecule has 122 valence electrons. The summed E-state index contributed by atoms with van der Waals surface area (Å²) in [4.78, 5) is 33.0. The molecule has 0 saturated heterocycles. The van der Waals surface area contributed by atoms with Gasteiger partial charge in [-0.3, -0.25) is 9.59 Å². The summed E-state index contributed by atoms with van der Waals surface area (Å²) in [6, 6.07) is -0.326. The van der Waals surface area contributed by atoms with Gasteiger partial charge in [-0.15, -0.1) is 0 Å². The predicted molar refractivity (Wildman–Crippen MR) is 77.9 cm³/mol. The minimum atomic E-state index is -0.793. The first kappa shape index (κ1) is 19.2. The molecule has 0 heterocycles. The Hall–Kier alpha value is -1.79. The zero-order valence-corrected chi connectivity index (χ0v) is 12.8. The number of carboxylic acid groups (broad SMARTS) is 1. The number of carbonyl (C=O) groups is 3. The monoisotopic (exact) mass is 302 g/mol. The minimum Gasteiger partial charge on any atom is -0.481 e. The average molecular weight is 302 g/mol. The van der Waals surface area contributed by atoms with Gasteiger partial charge in [0.25, 0.3) is 0 Å². The van der Waals surface area contributed by atoms with E-state index < -0.39 is 5.97 Å². The summed E-state index contributed by atoms with van der Waals surface area (Å²) in [5, 5.41) is 13.9. The molecule has 0 aliphatic rings. The molecular formula is C14H26N2O5. The third kappa shape index (κ3) is 11.7. The van der Waals surface area contributed by atoms with Crippen molar-refractivity contribution in [3.05, 3.63) is 0 Å².